The number of rotatable bonds is 4. The molecule has 0 aromatic heterocycles. The summed E-state index contributed by atoms with van der Waals surface area (Å²) in [4.78, 5) is 11.3. The fourth-order valence-electron chi connectivity index (χ4n) is 1.19. The third kappa shape index (κ3) is 3.02. The number of halogens is 2. The predicted molar refractivity (Wildman–Crippen MR) is 58.2 cm³/mol. The van der Waals surface area contributed by atoms with Crippen molar-refractivity contribution in [2.75, 3.05) is 6.54 Å². The number of carbonyl (C=O) groups is 1. The number of carbonyl (C=O) groups excluding carboxylic acids is 1. The van der Waals surface area contributed by atoms with Crippen molar-refractivity contribution in [1.29, 1.82) is 0 Å². The van der Waals surface area contributed by atoms with Gasteiger partial charge < -0.3 is 5.32 Å². The molecule has 2 nitrogen and oxygen atoms in total. The van der Waals surface area contributed by atoms with Gasteiger partial charge in [0.15, 0.2) is 0 Å². The first-order valence-corrected chi connectivity index (χ1v) is 5.16. The first kappa shape index (κ1) is 12.6. The van der Waals surface area contributed by atoms with E-state index in [0.717, 1.165) is 0 Å². The number of alkyl halides is 2. The van der Waals surface area contributed by atoms with Gasteiger partial charge in [-0.15, -0.1) is 0 Å². The molecule has 0 spiro atoms. The van der Waals surface area contributed by atoms with Crippen LogP contribution in [0.1, 0.15) is 19.4 Å². The number of hydrogen-bond donors (Lipinski definition) is 1. The number of hydrogen-bond acceptors (Lipinski definition) is 1. The van der Waals surface area contributed by atoms with Crippen molar-refractivity contribution in [1.82, 2.24) is 5.32 Å². The van der Waals surface area contributed by atoms with Crippen molar-refractivity contribution in [3.05, 3.63) is 35.9 Å². The molecule has 0 saturated heterocycles. The standard InChI is InChI=1S/C12H15F2NO/c1-9(2)8-15-11(16)12(13,14)10-6-4-3-5-7-10/h3-7,9H,8H2,1-2H3,(H,15,16). The van der Waals surface area contributed by atoms with Crippen LogP contribution >= 0.6 is 0 Å². The Morgan fingerprint density at radius 3 is 2.38 bits per heavy atom. The normalized spacial score (nSPS) is 11.6. The van der Waals surface area contributed by atoms with E-state index in [1.807, 2.05) is 13.8 Å². The smallest absolute Gasteiger partial charge is 0.349 e. The van der Waals surface area contributed by atoms with E-state index in [4.69, 9.17) is 0 Å². The van der Waals surface area contributed by atoms with E-state index >= 15 is 0 Å². The number of benzene rings is 1. The Balaban J connectivity index is 2.74. The van der Waals surface area contributed by atoms with Crippen LogP contribution in [0.5, 0.6) is 0 Å². The van der Waals surface area contributed by atoms with Crippen LogP contribution in [0.2, 0.25) is 0 Å². The molecule has 1 rings (SSSR count). The molecule has 1 amide bonds. The summed E-state index contributed by atoms with van der Waals surface area (Å²) in [5, 5.41) is 2.23. The Kier molecular flexibility index (Phi) is 3.99. The fourth-order valence-corrected chi connectivity index (χ4v) is 1.19. The van der Waals surface area contributed by atoms with Gasteiger partial charge in [-0.3, -0.25) is 4.79 Å². The van der Waals surface area contributed by atoms with E-state index in [1.165, 1.54) is 24.3 Å². The van der Waals surface area contributed by atoms with E-state index in [-0.39, 0.29) is 18.0 Å². The summed E-state index contributed by atoms with van der Waals surface area (Å²) in [5.41, 5.74) is -0.281. The Bertz CT molecular complexity index is 349. The second kappa shape index (κ2) is 5.05. The summed E-state index contributed by atoms with van der Waals surface area (Å²) in [6.07, 6.45) is 0. The molecule has 0 unspecified atom stereocenters. The van der Waals surface area contributed by atoms with Crippen molar-refractivity contribution in [3.63, 3.8) is 0 Å². The minimum atomic E-state index is -3.46. The molecule has 16 heavy (non-hydrogen) atoms. The minimum absolute atomic E-state index is 0.149. The van der Waals surface area contributed by atoms with Crippen molar-refractivity contribution in [2.45, 2.75) is 19.8 Å². The second-order valence-corrected chi connectivity index (χ2v) is 4.04. The van der Waals surface area contributed by atoms with Crippen molar-refractivity contribution in [3.8, 4) is 0 Å². The summed E-state index contributed by atoms with van der Waals surface area (Å²) >= 11 is 0. The summed E-state index contributed by atoms with van der Waals surface area (Å²) < 4.78 is 27.2. The third-order valence-electron chi connectivity index (χ3n) is 2.09. The fraction of sp³-hybridized carbons (Fsp3) is 0.417. The molecule has 0 aliphatic carbocycles. The monoisotopic (exact) mass is 227 g/mol. The van der Waals surface area contributed by atoms with Gasteiger partial charge in [-0.2, -0.15) is 8.78 Å². The zero-order valence-corrected chi connectivity index (χ0v) is 9.34. The Morgan fingerprint density at radius 2 is 1.88 bits per heavy atom. The van der Waals surface area contributed by atoms with Gasteiger partial charge in [0.1, 0.15) is 0 Å². The van der Waals surface area contributed by atoms with Crippen LogP contribution in [0, 0.1) is 5.92 Å². The largest absolute Gasteiger partial charge is 0.350 e. The molecule has 0 atom stereocenters. The average molecular weight is 227 g/mol. The molecule has 4 heteroatoms. The maximum absolute atomic E-state index is 13.6. The molecule has 0 radical (unpaired) electrons. The maximum Gasteiger partial charge on any atom is 0.349 e. The lowest BCUT2D eigenvalue weighted by Crippen LogP contribution is -2.39. The van der Waals surface area contributed by atoms with E-state index in [9.17, 15) is 13.6 Å². The molecule has 0 bridgehead atoms. The molecule has 1 aromatic carbocycles. The van der Waals surface area contributed by atoms with Gasteiger partial charge in [0.05, 0.1) is 0 Å². The zero-order valence-electron chi connectivity index (χ0n) is 9.34. The van der Waals surface area contributed by atoms with Gasteiger partial charge in [0.25, 0.3) is 5.91 Å². The average Bonchev–Trinajstić information content (AvgIpc) is 2.27. The predicted octanol–water partition coefficient (Wildman–Crippen LogP) is 2.55. The van der Waals surface area contributed by atoms with Gasteiger partial charge in [-0.1, -0.05) is 44.2 Å². The van der Waals surface area contributed by atoms with Gasteiger partial charge in [0, 0.05) is 12.1 Å². The van der Waals surface area contributed by atoms with Crippen LogP contribution < -0.4 is 5.32 Å². The molecule has 0 aliphatic heterocycles. The highest BCUT2D eigenvalue weighted by atomic mass is 19.3. The van der Waals surface area contributed by atoms with Crippen molar-refractivity contribution < 1.29 is 13.6 Å². The molecular formula is C12H15F2NO. The van der Waals surface area contributed by atoms with Gasteiger partial charge in [-0.05, 0) is 5.92 Å². The van der Waals surface area contributed by atoms with Gasteiger partial charge in [-0.25, -0.2) is 0 Å². The van der Waals surface area contributed by atoms with Crippen LogP contribution in [0.4, 0.5) is 8.78 Å². The molecule has 0 fully saturated rings. The topological polar surface area (TPSA) is 29.1 Å². The Labute approximate surface area is 93.7 Å². The lowest BCUT2D eigenvalue weighted by molar-refractivity contribution is -0.147. The molecular weight excluding hydrogens is 212 g/mol. The van der Waals surface area contributed by atoms with Crippen LogP contribution in [-0.4, -0.2) is 12.5 Å². The van der Waals surface area contributed by atoms with Gasteiger partial charge in [0.2, 0.25) is 0 Å². The maximum atomic E-state index is 13.6. The van der Waals surface area contributed by atoms with Crippen LogP contribution in [0.3, 0.4) is 0 Å². The molecule has 1 aromatic rings. The van der Waals surface area contributed by atoms with E-state index in [2.05, 4.69) is 5.32 Å². The van der Waals surface area contributed by atoms with Crippen LogP contribution in [0.15, 0.2) is 30.3 Å². The zero-order chi connectivity index (χ0) is 12.2. The summed E-state index contributed by atoms with van der Waals surface area (Å²) in [6, 6.07) is 7.09. The first-order chi connectivity index (χ1) is 7.44. The molecule has 0 aliphatic rings. The summed E-state index contributed by atoms with van der Waals surface area (Å²) in [7, 11) is 0. The van der Waals surface area contributed by atoms with Gasteiger partial charge >= 0.3 is 5.92 Å². The lowest BCUT2D eigenvalue weighted by atomic mass is 10.1. The second-order valence-electron chi connectivity index (χ2n) is 4.04. The molecule has 0 saturated carbocycles. The van der Waals surface area contributed by atoms with Crippen molar-refractivity contribution in [2.24, 2.45) is 5.92 Å². The highest BCUT2D eigenvalue weighted by Crippen LogP contribution is 2.27. The number of nitrogens with one attached hydrogen (secondary N) is 1. The first-order valence-electron chi connectivity index (χ1n) is 5.16. The third-order valence-corrected chi connectivity index (χ3v) is 2.09. The highest BCUT2D eigenvalue weighted by molar-refractivity contribution is 5.84. The highest BCUT2D eigenvalue weighted by Gasteiger charge is 2.40. The summed E-state index contributed by atoms with van der Waals surface area (Å²) in [6.45, 7) is 3.95. The quantitative estimate of drug-likeness (QED) is 0.841. The molecule has 1 N–H and O–H groups in total. The van der Waals surface area contributed by atoms with E-state index < -0.39 is 11.8 Å². The Morgan fingerprint density at radius 1 is 1.31 bits per heavy atom. The lowest BCUT2D eigenvalue weighted by Gasteiger charge is -2.17. The van der Waals surface area contributed by atoms with Crippen molar-refractivity contribution >= 4 is 5.91 Å². The van der Waals surface area contributed by atoms with Crippen LogP contribution in [0.25, 0.3) is 0 Å². The molecule has 0 heterocycles. The van der Waals surface area contributed by atoms with E-state index in [0.29, 0.717) is 0 Å². The van der Waals surface area contributed by atoms with Crippen LogP contribution in [-0.2, 0) is 10.7 Å². The SMILES string of the molecule is CC(C)CNC(=O)C(F)(F)c1ccccc1. The number of amides is 1. The Hall–Kier alpha value is -1.45. The van der Waals surface area contributed by atoms with E-state index in [1.54, 1.807) is 6.07 Å². The summed E-state index contributed by atoms with van der Waals surface area (Å²) in [5.74, 6) is -4.56. The molecule has 88 valence electrons. The minimum Gasteiger partial charge on any atom is -0.350 e.